The molecule has 1 atom stereocenters. The van der Waals surface area contributed by atoms with E-state index in [0.717, 1.165) is 11.3 Å². The molecule has 2 heterocycles. The molecular weight excluding hydrogens is 386 g/mol. The molecule has 4 rings (SSSR count). The third-order valence-corrected chi connectivity index (χ3v) is 5.50. The van der Waals surface area contributed by atoms with Gasteiger partial charge in [-0.15, -0.1) is 10.2 Å². The SMILES string of the molecule is CCOc1ccccc1N=Nc1c(C)[nH]n(C2=NC(c3ccccc3)CS2)c1=O. The number of aromatic nitrogens is 2. The van der Waals surface area contributed by atoms with Crippen molar-refractivity contribution in [2.24, 2.45) is 15.2 Å². The number of para-hydroxylation sites is 1. The average molecular weight is 407 g/mol. The molecule has 1 aliphatic heterocycles. The zero-order valence-electron chi connectivity index (χ0n) is 16.2. The number of hydrogen-bond donors (Lipinski definition) is 1. The predicted molar refractivity (Wildman–Crippen MR) is 116 cm³/mol. The molecule has 148 valence electrons. The van der Waals surface area contributed by atoms with Gasteiger partial charge >= 0.3 is 5.56 Å². The van der Waals surface area contributed by atoms with E-state index in [9.17, 15) is 4.79 Å². The van der Waals surface area contributed by atoms with Crippen molar-refractivity contribution >= 4 is 28.3 Å². The van der Waals surface area contributed by atoms with E-state index >= 15 is 0 Å². The molecule has 1 unspecified atom stereocenters. The smallest absolute Gasteiger partial charge is 0.301 e. The molecule has 3 aromatic rings. The summed E-state index contributed by atoms with van der Waals surface area (Å²) in [6.07, 6.45) is 0. The van der Waals surface area contributed by atoms with Crippen LogP contribution in [0.3, 0.4) is 0 Å². The van der Waals surface area contributed by atoms with Crippen LogP contribution in [0.2, 0.25) is 0 Å². The first-order valence-electron chi connectivity index (χ1n) is 9.38. The van der Waals surface area contributed by atoms with E-state index in [1.807, 2.05) is 43.3 Å². The van der Waals surface area contributed by atoms with E-state index in [2.05, 4.69) is 27.5 Å². The lowest BCUT2D eigenvalue weighted by atomic mass is 10.1. The lowest BCUT2D eigenvalue weighted by molar-refractivity contribution is 0.341. The molecule has 1 aromatic heterocycles. The van der Waals surface area contributed by atoms with Crippen LogP contribution in [0.25, 0.3) is 0 Å². The molecule has 2 aromatic carbocycles. The third kappa shape index (κ3) is 4.02. The summed E-state index contributed by atoms with van der Waals surface area (Å²) in [5, 5.41) is 12.2. The third-order valence-electron chi connectivity index (χ3n) is 4.48. The van der Waals surface area contributed by atoms with Crippen molar-refractivity contribution < 1.29 is 4.74 Å². The fraction of sp³-hybridized carbons (Fsp3) is 0.238. The van der Waals surface area contributed by atoms with Crippen LogP contribution in [0.15, 0.2) is 74.6 Å². The summed E-state index contributed by atoms with van der Waals surface area (Å²) in [5.41, 5.74) is 2.36. The topological polar surface area (TPSA) is 84.1 Å². The maximum Gasteiger partial charge on any atom is 0.301 e. The summed E-state index contributed by atoms with van der Waals surface area (Å²) in [4.78, 5) is 17.6. The number of hydrogen-bond acceptors (Lipinski definition) is 6. The van der Waals surface area contributed by atoms with Crippen molar-refractivity contribution in [3.63, 3.8) is 0 Å². The summed E-state index contributed by atoms with van der Waals surface area (Å²) in [6.45, 7) is 4.24. The number of nitrogens with one attached hydrogen (secondary N) is 1. The number of aliphatic imine (C=N–C) groups is 1. The van der Waals surface area contributed by atoms with Crippen LogP contribution in [-0.2, 0) is 0 Å². The van der Waals surface area contributed by atoms with Crippen LogP contribution in [0.1, 0.15) is 24.2 Å². The van der Waals surface area contributed by atoms with Gasteiger partial charge in [-0.05, 0) is 31.5 Å². The fourth-order valence-electron chi connectivity index (χ4n) is 3.04. The van der Waals surface area contributed by atoms with Gasteiger partial charge < -0.3 is 4.74 Å². The highest BCUT2D eigenvalue weighted by Gasteiger charge is 2.24. The highest BCUT2D eigenvalue weighted by molar-refractivity contribution is 8.14. The minimum Gasteiger partial charge on any atom is -0.492 e. The normalized spacial score (nSPS) is 16.3. The van der Waals surface area contributed by atoms with Gasteiger partial charge in [0.1, 0.15) is 11.4 Å². The van der Waals surface area contributed by atoms with Crippen LogP contribution >= 0.6 is 11.8 Å². The Morgan fingerprint density at radius 1 is 1.17 bits per heavy atom. The number of thioether (sulfide) groups is 1. The van der Waals surface area contributed by atoms with E-state index in [-0.39, 0.29) is 17.3 Å². The lowest BCUT2D eigenvalue weighted by Gasteiger charge is -2.04. The quantitative estimate of drug-likeness (QED) is 0.605. The largest absolute Gasteiger partial charge is 0.492 e. The van der Waals surface area contributed by atoms with Crippen molar-refractivity contribution in [2.45, 2.75) is 19.9 Å². The Labute approximate surface area is 172 Å². The van der Waals surface area contributed by atoms with Gasteiger partial charge in [-0.25, -0.2) is 0 Å². The minimum absolute atomic E-state index is 0.0369. The Morgan fingerprint density at radius 2 is 1.93 bits per heavy atom. The molecular formula is C21H21N5O2S. The first kappa shape index (κ1) is 19.2. The molecule has 0 spiro atoms. The van der Waals surface area contributed by atoms with Crippen LogP contribution in [0.5, 0.6) is 5.75 Å². The van der Waals surface area contributed by atoms with E-state index in [0.29, 0.717) is 28.9 Å². The first-order valence-corrected chi connectivity index (χ1v) is 10.4. The molecule has 0 saturated heterocycles. The highest BCUT2D eigenvalue weighted by Crippen LogP contribution is 2.31. The Bertz CT molecular complexity index is 1120. The fourth-order valence-corrected chi connectivity index (χ4v) is 4.07. The number of nitrogens with zero attached hydrogens (tertiary/aromatic N) is 4. The summed E-state index contributed by atoms with van der Waals surface area (Å²) >= 11 is 1.55. The Balaban J connectivity index is 1.62. The number of aryl methyl sites for hydroxylation is 1. The van der Waals surface area contributed by atoms with Gasteiger partial charge in [0, 0.05) is 5.75 Å². The monoisotopic (exact) mass is 407 g/mol. The summed E-state index contributed by atoms with van der Waals surface area (Å²) in [5.74, 6) is 1.43. The molecule has 0 saturated carbocycles. The number of rotatable bonds is 5. The van der Waals surface area contributed by atoms with Crippen LogP contribution in [0.4, 0.5) is 11.4 Å². The molecule has 0 bridgehead atoms. The molecule has 7 nitrogen and oxygen atoms in total. The first-order chi connectivity index (χ1) is 14.2. The molecule has 1 aliphatic rings. The number of H-pyrrole nitrogens is 1. The van der Waals surface area contributed by atoms with Crippen LogP contribution in [-0.4, -0.2) is 27.3 Å². The van der Waals surface area contributed by atoms with Crippen molar-refractivity contribution in [1.82, 2.24) is 9.78 Å². The Hall–Kier alpha value is -3.13. The van der Waals surface area contributed by atoms with Gasteiger partial charge in [-0.2, -0.15) is 4.68 Å². The molecule has 0 fully saturated rings. The summed E-state index contributed by atoms with van der Waals surface area (Å²) < 4.78 is 7.01. The van der Waals surface area contributed by atoms with E-state index < -0.39 is 0 Å². The van der Waals surface area contributed by atoms with E-state index in [1.54, 1.807) is 24.8 Å². The molecule has 1 N–H and O–H groups in total. The van der Waals surface area contributed by atoms with Gasteiger partial charge in [0.15, 0.2) is 10.9 Å². The average Bonchev–Trinajstić information content (AvgIpc) is 3.33. The number of benzene rings is 2. The molecule has 0 radical (unpaired) electrons. The standard InChI is InChI=1S/C21H21N5O2S/c1-3-28-18-12-8-7-11-16(18)23-24-19-14(2)25-26(20(19)27)21-22-17(13-29-21)15-9-5-4-6-10-15/h4-12,17,25H,3,13H2,1-2H3. The number of azo groups is 1. The van der Waals surface area contributed by atoms with Gasteiger partial charge in [0.05, 0.1) is 18.3 Å². The number of ether oxygens (including phenoxy) is 1. The maximum absolute atomic E-state index is 12.9. The predicted octanol–water partition coefficient (Wildman–Crippen LogP) is 4.99. The maximum atomic E-state index is 12.9. The van der Waals surface area contributed by atoms with Gasteiger partial charge in [-0.3, -0.25) is 14.9 Å². The summed E-state index contributed by atoms with van der Waals surface area (Å²) in [6, 6.07) is 17.5. The van der Waals surface area contributed by atoms with Gasteiger partial charge in [0.25, 0.3) is 0 Å². The number of aromatic amines is 1. The molecule has 0 amide bonds. The van der Waals surface area contributed by atoms with Crippen molar-refractivity contribution in [1.29, 1.82) is 0 Å². The second kappa shape index (κ2) is 8.48. The van der Waals surface area contributed by atoms with Crippen molar-refractivity contribution in [3.8, 4) is 5.75 Å². The highest BCUT2D eigenvalue weighted by atomic mass is 32.2. The Morgan fingerprint density at radius 3 is 2.72 bits per heavy atom. The van der Waals surface area contributed by atoms with E-state index in [4.69, 9.17) is 9.73 Å². The minimum atomic E-state index is -0.264. The summed E-state index contributed by atoms with van der Waals surface area (Å²) in [7, 11) is 0. The molecule has 8 heteroatoms. The van der Waals surface area contributed by atoms with Crippen LogP contribution < -0.4 is 10.3 Å². The second-order valence-corrected chi connectivity index (χ2v) is 7.46. The van der Waals surface area contributed by atoms with Crippen molar-refractivity contribution in [3.05, 3.63) is 76.2 Å². The zero-order valence-corrected chi connectivity index (χ0v) is 17.0. The van der Waals surface area contributed by atoms with Gasteiger partial charge in [0.2, 0.25) is 0 Å². The molecule has 0 aliphatic carbocycles. The van der Waals surface area contributed by atoms with Gasteiger partial charge in [-0.1, -0.05) is 54.2 Å². The van der Waals surface area contributed by atoms with Crippen molar-refractivity contribution in [2.75, 3.05) is 12.4 Å². The van der Waals surface area contributed by atoms with Crippen LogP contribution in [0, 0.1) is 6.92 Å². The Kier molecular flexibility index (Phi) is 5.62. The molecule has 29 heavy (non-hydrogen) atoms. The van der Waals surface area contributed by atoms with E-state index in [1.165, 1.54) is 4.68 Å². The zero-order chi connectivity index (χ0) is 20.2. The lowest BCUT2D eigenvalue weighted by Crippen LogP contribution is -2.21. The second-order valence-electron chi connectivity index (χ2n) is 6.48.